The quantitative estimate of drug-likeness (QED) is 0.0669. The van der Waals surface area contributed by atoms with Crippen molar-refractivity contribution in [3.05, 3.63) is 309 Å². The summed E-state index contributed by atoms with van der Waals surface area (Å²) < 4.78 is 68.6. The molecule has 126 heavy (non-hydrogen) atoms. The number of carbonyl (C=O) groups excluding carboxylic acids is 2. The van der Waals surface area contributed by atoms with Crippen LogP contribution in [-0.2, 0) is 89.5 Å². The molecule has 13 aromatic carbocycles. The summed E-state index contributed by atoms with van der Waals surface area (Å²) in [6.07, 6.45) is 13.6. The molecule has 2 aliphatic heterocycles. The third-order valence-corrected chi connectivity index (χ3v) is 22.8. The summed E-state index contributed by atoms with van der Waals surface area (Å²) >= 11 is 0. The molecule has 2 amide bonds. The second-order valence-electron chi connectivity index (χ2n) is 31.3. The van der Waals surface area contributed by atoms with E-state index in [1.165, 1.54) is 0 Å². The van der Waals surface area contributed by atoms with E-state index in [-0.39, 0.29) is 48.0 Å². The molecule has 2 aliphatic carbocycles. The molecule has 2 heterocycles. The van der Waals surface area contributed by atoms with Gasteiger partial charge in [0.05, 0.1) is 106 Å². The van der Waals surface area contributed by atoms with E-state index in [9.17, 15) is 30.0 Å². The van der Waals surface area contributed by atoms with E-state index in [0.29, 0.717) is 192 Å². The fourth-order valence-electron chi connectivity index (χ4n) is 16.7. The number of phenolic OH excluding ortho intramolecular Hbond substituents is 4. The Morgan fingerprint density at radius 3 is 0.865 bits per heavy atom. The molecular weight excluding hydrogens is 1590 g/mol. The topological polar surface area (TPSA) is 250 Å². The van der Waals surface area contributed by atoms with Crippen molar-refractivity contribution in [2.45, 2.75) is 64.5 Å². The largest absolute Gasteiger partial charge is 0.504 e. The summed E-state index contributed by atoms with van der Waals surface area (Å²) in [6, 6.07) is 67.5. The van der Waals surface area contributed by atoms with Gasteiger partial charge in [-0.25, -0.2) is 0 Å². The van der Waals surface area contributed by atoms with Crippen molar-refractivity contribution in [2.24, 2.45) is 0 Å². The highest BCUT2D eigenvalue weighted by molar-refractivity contribution is 6.05. The third kappa shape index (κ3) is 22.5. The molecule has 8 bridgehead atoms. The number of benzene rings is 13. The number of ether oxygens (including phenoxy) is 12. The summed E-state index contributed by atoms with van der Waals surface area (Å²) in [5.74, 6) is 1.67. The van der Waals surface area contributed by atoms with Gasteiger partial charge in [0.15, 0.2) is 46.0 Å². The smallest absolute Gasteiger partial charge is 0.251 e. The summed E-state index contributed by atoms with van der Waals surface area (Å²) in [5.41, 5.74) is 12.2. The molecule has 0 saturated heterocycles. The number of carbonyl (C=O) groups is 2. The number of aromatic hydroxyl groups is 4. The number of phenols is 4. The molecule has 0 fully saturated rings. The fourth-order valence-corrected chi connectivity index (χ4v) is 16.7. The average Bonchev–Trinajstić information content (AvgIpc) is 0.794. The van der Waals surface area contributed by atoms with Gasteiger partial charge in [-0.05, 0) is 204 Å². The first-order valence-electron chi connectivity index (χ1n) is 43.4. The van der Waals surface area contributed by atoms with E-state index < -0.39 is 0 Å². The van der Waals surface area contributed by atoms with Gasteiger partial charge in [0.25, 0.3) is 11.8 Å². The maximum Gasteiger partial charge on any atom is 0.251 e. The van der Waals surface area contributed by atoms with Crippen LogP contribution < -0.4 is 29.6 Å². The van der Waals surface area contributed by atoms with Gasteiger partial charge in [-0.3, -0.25) is 9.59 Å². The van der Waals surface area contributed by atoms with Crippen LogP contribution in [-0.4, -0.2) is 164 Å². The molecule has 0 spiro atoms. The lowest BCUT2D eigenvalue weighted by Crippen LogP contribution is -2.25. The van der Waals surface area contributed by atoms with Crippen molar-refractivity contribution in [3.8, 4) is 46.0 Å². The zero-order valence-electron chi connectivity index (χ0n) is 71.1. The molecule has 4 aliphatic rings. The Labute approximate surface area is 734 Å². The zero-order valence-corrected chi connectivity index (χ0v) is 71.1. The second-order valence-corrected chi connectivity index (χ2v) is 31.3. The normalized spacial score (nSPS) is 15.9. The third-order valence-electron chi connectivity index (χ3n) is 22.8. The van der Waals surface area contributed by atoms with Gasteiger partial charge in [-0.2, -0.15) is 0 Å². The Kier molecular flexibility index (Phi) is 31.1. The number of rotatable bonds is 6. The highest BCUT2D eigenvalue weighted by Gasteiger charge is 2.26. The van der Waals surface area contributed by atoms with Crippen molar-refractivity contribution in [3.63, 3.8) is 0 Å². The number of nitrogens with one attached hydrogen (secondary N) is 2. The zero-order chi connectivity index (χ0) is 86.8. The van der Waals surface area contributed by atoms with Crippen LogP contribution in [0.3, 0.4) is 0 Å². The number of amides is 2. The molecular formula is C106H108N2O18. The minimum Gasteiger partial charge on any atom is -0.504 e. The molecule has 13 aromatic rings. The van der Waals surface area contributed by atoms with E-state index in [4.69, 9.17) is 56.8 Å². The van der Waals surface area contributed by atoms with Gasteiger partial charge in [0.1, 0.15) is 26.4 Å². The van der Waals surface area contributed by atoms with Gasteiger partial charge < -0.3 is 87.9 Å². The minimum atomic E-state index is -0.221. The van der Waals surface area contributed by atoms with Crippen LogP contribution in [0.5, 0.6) is 46.0 Å². The predicted molar refractivity (Wildman–Crippen MR) is 495 cm³/mol. The van der Waals surface area contributed by atoms with Gasteiger partial charge in [0, 0.05) is 46.5 Å². The average molecular weight is 1700 g/mol. The first-order chi connectivity index (χ1) is 61.9. The summed E-state index contributed by atoms with van der Waals surface area (Å²) in [4.78, 5) is 26.6. The molecule has 6 N–H and O–H groups in total. The van der Waals surface area contributed by atoms with Crippen molar-refractivity contribution in [2.75, 3.05) is 132 Å². The van der Waals surface area contributed by atoms with Gasteiger partial charge in [-0.15, -0.1) is 0 Å². The Hall–Kier alpha value is -12.6. The lowest BCUT2D eigenvalue weighted by atomic mass is 9.87. The van der Waals surface area contributed by atoms with Gasteiger partial charge >= 0.3 is 0 Å². The summed E-state index contributed by atoms with van der Waals surface area (Å²) in [5, 5.41) is 64.3. The Morgan fingerprint density at radius 2 is 0.548 bits per heavy atom. The molecule has 17 rings (SSSR count). The Bertz CT molecular complexity index is 5620. The molecule has 20 heteroatoms. The van der Waals surface area contributed by atoms with Gasteiger partial charge in [0.2, 0.25) is 0 Å². The van der Waals surface area contributed by atoms with E-state index >= 15 is 0 Å². The van der Waals surface area contributed by atoms with Crippen LogP contribution in [0.2, 0.25) is 0 Å². The van der Waals surface area contributed by atoms with Crippen molar-refractivity contribution in [1.29, 1.82) is 0 Å². The lowest BCUT2D eigenvalue weighted by Gasteiger charge is -2.21. The fraction of sp³-hybridized carbons (Fsp3) is 0.283. The number of hydrogen-bond donors (Lipinski definition) is 6. The highest BCUT2D eigenvalue weighted by atomic mass is 16.6. The van der Waals surface area contributed by atoms with E-state index in [2.05, 4.69) is 109 Å². The molecule has 650 valence electrons. The van der Waals surface area contributed by atoms with Crippen LogP contribution in [0, 0.1) is 0 Å². The Morgan fingerprint density at radius 1 is 0.286 bits per heavy atom. The molecule has 0 atom stereocenters. The first kappa shape index (κ1) is 88.3. The maximum atomic E-state index is 13.3. The van der Waals surface area contributed by atoms with Crippen LogP contribution in [0.1, 0.15) is 89.2 Å². The molecule has 20 nitrogen and oxygen atoms in total. The van der Waals surface area contributed by atoms with Crippen LogP contribution in [0.15, 0.2) is 243 Å². The summed E-state index contributed by atoms with van der Waals surface area (Å²) in [6.45, 7) is 17.6. The van der Waals surface area contributed by atoms with Crippen LogP contribution in [0.25, 0.3) is 76.8 Å². The SMILES string of the molecule is C=C1Cc2c(O)c(cc3c2CCC=C3)OCCOCCOCCOCCOCCOc2cc3ccccc3c(c2O)C1.C=C1Cc2c(O)c(cc3c2CCC=C3)OCCOCCOCCOCCOCCOc2cc3ccccc3c(c2O)C1.O=C(NCc1c2ccccc2cc2ccccc12)c1cccc(C(=O)NCc2c3ccccc3cc3ccccc23)c1. The molecule has 0 saturated carbocycles. The lowest BCUT2D eigenvalue weighted by molar-refractivity contribution is -0.00709. The van der Waals surface area contributed by atoms with Crippen molar-refractivity contribution < 1.29 is 86.9 Å². The molecule has 0 radical (unpaired) electrons. The minimum absolute atomic E-state index is 0.0926. The predicted octanol–water partition coefficient (Wildman–Crippen LogP) is 18.9. The summed E-state index contributed by atoms with van der Waals surface area (Å²) in [7, 11) is 0. The number of hydrogen-bond acceptors (Lipinski definition) is 18. The Balaban J connectivity index is 0.000000146. The van der Waals surface area contributed by atoms with E-state index in [1.807, 2.05) is 121 Å². The van der Waals surface area contributed by atoms with Crippen LogP contribution >= 0.6 is 0 Å². The molecule has 0 aromatic heterocycles. The van der Waals surface area contributed by atoms with E-state index in [1.54, 1.807) is 24.3 Å². The monoisotopic (exact) mass is 1700 g/mol. The van der Waals surface area contributed by atoms with Gasteiger partial charge in [-0.1, -0.05) is 200 Å². The highest BCUT2D eigenvalue weighted by Crippen LogP contribution is 2.45. The first-order valence-corrected chi connectivity index (χ1v) is 43.4. The number of fused-ring (bicyclic) bond motifs is 20. The van der Waals surface area contributed by atoms with E-state index in [0.717, 1.165) is 157 Å². The van der Waals surface area contributed by atoms with Crippen molar-refractivity contribution >= 4 is 88.6 Å². The van der Waals surface area contributed by atoms with Crippen molar-refractivity contribution in [1.82, 2.24) is 10.6 Å². The second kappa shape index (κ2) is 44.3. The number of allylic oxidation sites excluding steroid dienone is 4. The molecule has 0 unspecified atom stereocenters. The van der Waals surface area contributed by atoms with Crippen LogP contribution in [0.4, 0.5) is 0 Å². The standard InChI is InChI=1S/C38H28N2O2.2C34H40O8/c41-37(39-23-35-31-16-5-1-10-25(31)20-26-11-2-6-17-32(26)35)29-14-9-15-30(22-29)38(42)40-24-36-33-18-7-3-12-27(33)21-28-13-4-8-19-34(28)36;2*1-24-20-29-27-8-4-2-6-25(27)22-31(33(29)35)41-18-16-39-14-12-37-10-11-38-13-15-40-17-19-42-32-23-26-7-3-5-9-28(26)30(21-24)34(32)36/h1-22H,23-24H2,(H,39,41)(H,40,42);2*2-4,6-8,22-23,35-36H,1,5,9-21H2. The maximum absolute atomic E-state index is 13.3.